The first-order chi connectivity index (χ1) is 9.42. The molecule has 0 saturated carbocycles. The van der Waals surface area contributed by atoms with Gasteiger partial charge in [0.15, 0.2) is 0 Å². The lowest BCUT2D eigenvalue weighted by atomic mass is 10.1. The normalized spacial score (nSPS) is 13.0. The minimum Gasteiger partial charge on any atom is -0.308 e. The molecule has 21 heavy (non-hydrogen) atoms. The van der Waals surface area contributed by atoms with Crippen LogP contribution in [-0.2, 0) is 16.6 Å². The Balaban J connectivity index is 3.18. The molecule has 0 radical (unpaired) electrons. The Labute approximate surface area is 126 Å². The van der Waals surface area contributed by atoms with Crippen molar-refractivity contribution in [2.24, 2.45) is 0 Å². The standard InChI is InChI=1S/C14H24FN3O2S/c1-10-7-12(21(19,20)17-18(5)6)8-11(13(10)15)9-16-14(2,3)4/h7-8,16-17H,9H2,1-6H3. The first kappa shape index (κ1) is 18.0. The molecule has 0 unspecified atom stereocenters. The molecule has 0 bridgehead atoms. The Morgan fingerprint density at radius 1 is 1.24 bits per heavy atom. The highest BCUT2D eigenvalue weighted by Gasteiger charge is 2.19. The summed E-state index contributed by atoms with van der Waals surface area (Å²) >= 11 is 0. The van der Waals surface area contributed by atoms with Crippen LogP contribution in [-0.4, -0.2) is 33.1 Å². The first-order valence-electron chi connectivity index (χ1n) is 6.66. The first-order valence-corrected chi connectivity index (χ1v) is 8.14. The quantitative estimate of drug-likeness (QED) is 0.813. The maximum Gasteiger partial charge on any atom is 0.253 e. The van der Waals surface area contributed by atoms with E-state index in [2.05, 4.69) is 10.1 Å². The molecule has 1 aromatic rings. The topological polar surface area (TPSA) is 61.4 Å². The number of nitrogens with one attached hydrogen (secondary N) is 2. The molecule has 5 nitrogen and oxygen atoms in total. The van der Waals surface area contributed by atoms with Crippen LogP contribution in [0.15, 0.2) is 17.0 Å². The third-order valence-electron chi connectivity index (χ3n) is 2.73. The van der Waals surface area contributed by atoms with Gasteiger partial charge in [-0.25, -0.2) is 17.8 Å². The zero-order chi connectivity index (χ0) is 16.4. The van der Waals surface area contributed by atoms with Gasteiger partial charge in [-0.15, -0.1) is 4.83 Å². The van der Waals surface area contributed by atoms with Crippen LogP contribution in [0.5, 0.6) is 0 Å². The van der Waals surface area contributed by atoms with E-state index in [4.69, 9.17) is 0 Å². The van der Waals surface area contributed by atoms with Crippen LogP contribution < -0.4 is 10.1 Å². The number of benzene rings is 1. The van der Waals surface area contributed by atoms with Gasteiger partial charge >= 0.3 is 0 Å². The molecule has 0 saturated heterocycles. The molecule has 1 aromatic carbocycles. The van der Waals surface area contributed by atoms with Gasteiger partial charge in [0, 0.05) is 31.7 Å². The van der Waals surface area contributed by atoms with Crippen molar-refractivity contribution in [2.45, 2.75) is 44.7 Å². The number of hydrogen-bond donors (Lipinski definition) is 2. The van der Waals surface area contributed by atoms with Crippen molar-refractivity contribution in [1.29, 1.82) is 0 Å². The summed E-state index contributed by atoms with van der Waals surface area (Å²) in [5, 5.41) is 4.49. The van der Waals surface area contributed by atoms with Crippen LogP contribution in [0.3, 0.4) is 0 Å². The number of sulfonamides is 1. The minimum atomic E-state index is -3.69. The van der Waals surface area contributed by atoms with Crippen molar-refractivity contribution >= 4 is 10.0 Å². The van der Waals surface area contributed by atoms with Crippen LogP contribution in [0.1, 0.15) is 31.9 Å². The maximum absolute atomic E-state index is 14.1. The number of hydrazine groups is 1. The predicted molar refractivity (Wildman–Crippen MR) is 81.7 cm³/mol. The third-order valence-corrected chi connectivity index (χ3v) is 4.19. The van der Waals surface area contributed by atoms with Crippen molar-refractivity contribution in [1.82, 2.24) is 15.2 Å². The SMILES string of the molecule is Cc1cc(S(=O)(=O)NN(C)C)cc(CNC(C)(C)C)c1F. The monoisotopic (exact) mass is 317 g/mol. The number of rotatable bonds is 5. The molecule has 0 heterocycles. The zero-order valence-corrected chi connectivity index (χ0v) is 14.2. The number of hydrogen-bond acceptors (Lipinski definition) is 4. The van der Waals surface area contributed by atoms with E-state index in [-0.39, 0.29) is 22.8 Å². The largest absolute Gasteiger partial charge is 0.308 e. The zero-order valence-electron chi connectivity index (χ0n) is 13.4. The second kappa shape index (κ2) is 6.39. The van der Waals surface area contributed by atoms with Gasteiger partial charge in [0.1, 0.15) is 5.82 Å². The fourth-order valence-electron chi connectivity index (χ4n) is 1.74. The lowest BCUT2D eigenvalue weighted by molar-refractivity contribution is 0.364. The van der Waals surface area contributed by atoms with E-state index in [1.54, 1.807) is 21.0 Å². The van der Waals surface area contributed by atoms with E-state index < -0.39 is 10.0 Å². The number of aryl methyl sites for hydroxylation is 1. The van der Waals surface area contributed by atoms with Gasteiger partial charge in [0.05, 0.1) is 4.90 Å². The summed E-state index contributed by atoms with van der Waals surface area (Å²) in [6.45, 7) is 7.72. The van der Waals surface area contributed by atoms with Crippen molar-refractivity contribution in [3.8, 4) is 0 Å². The Morgan fingerprint density at radius 3 is 2.29 bits per heavy atom. The predicted octanol–water partition coefficient (Wildman–Crippen LogP) is 1.78. The molecule has 0 aromatic heterocycles. The van der Waals surface area contributed by atoms with E-state index in [9.17, 15) is 12.8 Å². The molecule has 0 aliphatic rings. The van der Waals surface area contributed by atoms with Gasteiger partial charge in [-0.3, -0.25) is 0 Å². The summed E-state index contributed by atoms with van der Waals surface area (Å²) in [7, 11) is -0.535. The molecule has 0 amide bonds. The molecule has 0 aliphatic heterocycles. The van der Waals surface area contributed by atoms with Gasteiger partial charge in [-0.2, -0.15) is 0 Å². The van der Waals surface area contributed by atoms with Gasteiger partial charge in [-0.05, 0) is 45.4 Å². The average molecular weight is 317 g/mol. The van der Waals surface area contributed by atoms with E-state index in [1.165, 1.54) is 17.1 Å². The van der Waals surface area contributed by atoms with Gasteiger partial charge in [-0.1, -0.05) is 0 Å². The van der Waals surface area contributed by atoms with E-state index >= 15 is 0 Å². The number of halogens is 1. The molecule has 0 fully saturated rings. The highest BCUT2D eigenvalue weighted by atomic mass is 32.2. The molecule has 7 heteroatoms. The molecule has 120 valence electrons. The highest BCUT2D eigenvalue weighted by Crippen LogP contribution is 2.20. The average Bonchev–Trinajstić information content (AvgIpc) is 2.27. The fraction of sp³-hybridized carbons (Fsp3) is 0.571. The third kappa shape index (κ3) is 5.35. The second-order valence-electron chi connectivity index (χ2n) is 6.31. The number of nitrogens with zero attached hydrogens (tertiary/aromatic N) is 1. The Morgan fingerprint density at radius 2 is 1.81 bits per heavy atom. The summed E-state index contributed by atoms with van der Waals surface area (Å²) in [4.78, 5) is 2.40. The molecule has 0 spiro atoms. The van der Waals surface area contributed by atoms with Crippen molar-refractivity contribution < 1.29 is 12.8 Å². The lowest BCUT2D eigenvalue weighted by Crippen LogP contribution is -2.37. The summed E-state index contributed by atoms with van der Waals surface area (Å²) in [6, 6.07) is 2.70. The van der Waals surface area contributed by atoms with Crippen molar-refractivity contribution in [3.63, 3.8) is 0 Å². The van der Waals surface area contributed by atoms with Crippen LogP contribution in [0.2, 0.25) is 0 Å². The fourth-order valence-corrected chi connectivity index (χ4v) is 2.96. The van der Waals surface area contributed by atoms with Gasteiger partial charge in [0.25, 0.3) is 10.0 Å². The van der Waals surface area contributed by atoms with Crippen LogP contribution in [0.25, 0.3) is 0 Å². The van der Waals surface area contributed by atoms with Crippen LogP contribution in [0, 0.1) is 12.7 Å². The van der Waals surface area contributed by atoms with Crippen molar-refractivity contribution in [3.05, 3.63) is 29.1 Å². The summed E-state index contributed by atoms with van der Waals surface area (Å²) in [6.07, 6.45) is 0. The smallest absolute Gasteiger partial charge is 0.253 e. The van der Waals surface area contributed by atoms with Gasteiger partial charge < -0.3 is 5.32 Å². The van der Waals surface area contributed by atoms with E-state index in [0.717, 1.165) is 0 Å². The summed E-state index contributed by atoms with van der Waals surface area (Å²) in [5.41, 5.74) is 0.461. The molecular formula is C14H24FN3O2S. The van der Waals surface area contributed by atoms with E-state index in [1.807, 2.05) is 20.8 Å². The van der Waals surface area contributed by atoms with Crippen molar-refractivity contribution in [2.75, 3.05) is 14.1 Å². The second-order valence-corrected chi connectivity index (χ2v) is 7.97. The summed E-state index contributed by atoms with van der Waals surface area (Å²) in [5.74, 6) is -0.379. The minimum absolute atomic E-state index is 0.0563. The molecule has 1 rings (SSSR count). The molecule has 0 atom stereocenters. The van der Waals surface area contributed by atoms with E-state index in [0.29, 0.717) is 11.1 Å². The Bertz CT molecular complexity index is 607. The maximum atomic E-state index is 14.1. The lowest BCUT2D eigenvalue weighted by Gasteiger charge is -2.21. The molecule has 0 aliphatic carbocycles. The summed E-state index contributed by atoms with van der Waals surface area (Å²) < 4.78 is 38.5. The molecule has 2 N–H and O–H groups in total. The van der Waals surface area contributed by atoms with Crippen LogP contribution in [0.4, 0.5) is 4.39 Å². The highest BCUT2D eigenvalue weighted by molar-refractivity contribution is 7.89. The Hall–Kier alpha value is -1.02. The van der Waals surface area contributed by atoms with Gasteiger partial charge in [0.2, 0.25) is 0 Å². The van der Waals surface area contributed by atoms with Crippen LogP contribution >= 0.6 is 0 Å². The Kier molecular flexibility index (Phi) is 5.49. The molecular weight excluding hydrogens is 293 g/mol.